The molecule has 3 heteroatoms. The third-order valence-corrected chi connectivity index (χ3v) is 2.14. The summed E-state index contributed by atoms with van der Waals surface area (Å²) in [6, 6.07) is 7.89. The molecule has 0 aliphatic heterocycles. The Hall–Kier alpha value is -1.64. The Kier molecular flexibility index (Phi) is 2.81. The molecule has 0 atom stereocenters. The minimum Gasteiger partial charge on any atom is -0.369 e. The maximum Gasteiger partial charge on any atom is 0.145 e. The Morgan fingerprint density at radius 1 is 1.20 bits per heavy atom. The largest absolute Gasteiger partial charge is 0.369 e. The van der Waals surface area contributed by atoms with Crippen LogP contribution in [0.2, 0.25) is 0 Å². The molecule has 1 aromatic carbocycles. The normalized spacial score (nSPS) is 10.9. The molecule has 3 nitrogen and oxygen atoms in total. The summed E-state index contributed by atoms with van der Waals surface area (Å²) in [6.45, 7) is 5.26. The minimum absolute atomic E-state index is 0.610. The highest BCUT2D eigenvalue weighted by molar-refractivity contribution is 5.75. The maximum absolute atomic E-state index is 4.47. The topological polar surface area (TPSA) is 37.8 Å². The van der Waals surface area contributed by atoms with E-state index < -0.39 is 0 Å². The average molecular weight is 201 g/mol. The molecule has 0 fully saturated rings. The highest BCUT2D eigenvalue weighted by Crippen LogP contribution is 2.11. The van der Waals surface area contributed by atoms with E-state index in [2.05, 4.69) is 29.1 Å². The van der Waals surface area contributed by atoms with Crippen LogP contribution in [-0.4, -0.2) is 16.5 Å². The first-order chi connectivity index (χ1) is 7.25. The standard InChI is InChI=1S/C12H15N3/c1-9(2)7-14-12-8-13-10-5-3-4-6-11(10)15-12/h3-6,8-9H,7H2,1-2H3,(H,14,15). The summed E-state index contributed by atoms with van der Waals surface area (Å²) in [7, 11) is 0. The van der Waals surface area contributed by atoms with Gasteiger partial charge in [-0.05, 0) is 18.1 Å². The zero-order valence-electron chi connectivity index (χ0n) is 9.07. The Bertz CT molecular complexity index is 451. The van der Waals surface area contributed by atoms with E-state index in [4.69, 9.17) is 0 Å². The third kappa shape index (κ3) is 2.43. The Morgan fingerprint density at radius 3 is 2.67 bits per heavy atom. The lowest BCUT2D eigenvalue weighted by molar-refractivity contribution is 0.687. The number of anilines is 1. The summed E-state index contributed by atoms with van der Waals surface area (Å²) in [5.41, 5.74) is 1.87. The van der Waals surface area contributed by atoms with Crippen molar-refractivity contribution in [2.45, 2.75) is 13.8 Å². The van der Waals surface area contributed by atoms with E-state index in [9.17, 15) is 0 Å². The van der Waals surface area contributed by atoms with Crippen LogP contribution >= 0.6 is 0 Å². The molecule has 15 heavy (non-hydrogen) atoms. The summed E-state index contributed by atoms with van der Waals surface area (Å²) in [4.78, 5) is 8.81. The Balaban J connectivity index is 2.23. The fourth-order valence-electron chi connectivity index (χ4n) is 1.35. The van der Waals surface area contributed by atoms with Crippen LogP contribution in [0.1, 0.15) is 13.8 Å². The van der Waals surface area contributed by atoms with E-state index in [0.717, 1.165) is 23.4 Å². The van der Waals surface area contributed by atoms with Gasteiger partial charge in [0.25, 0.3) is 0 Å². The van der Waals surface area contributed by atoms with Gasteiger partial charge >= 0.3 is 0 Å². The zero-order chi connectivity index (χ0) is 10.7. The number of fused-ring (bicyclic) bond motifs is 1. The van der Waals surface area contributed by atoms with Gasteiger partial charge in [-0.25, -0.2) is 4.98 Å². The SMILES string of the molecule is CC(C)CNc1cnc2ccccc2n1. The number of para-hydroxylation sites is 2. The monoisotopic (exact) mass is 201 g/mol. The summed E-state index contributed by atoms with van der Waals surface area (Å²) < 4.78 is 0. The molecule has 1 aromatic heterocycles. The second-order valence-corrected chi connectivity index (χ2v) is 4.02. The molecular weight excluding hydrogens is 186 g/mol. The number of rotatable bonds is 3. The highest BCUT2D eigenvalue weighted by Gasteiger charge is 1.99. The molecule has 1 N–H and O–H groups in total. The molecule has 0 saturated heterocycles. The van der Waals surface area contributed by atoms with Gasteiger partial charge in [0.1, 0.15) is 5.82 Å². The fourth-order valence-corrected chi connectivity index (χ4v) is 1.35. The Labute approximate surface area is 89.6 Å². The zero-order valence-corrected chi connectivity index (χ0v) is 9.07. The lowest BCUT2D eigenvalue weighted by atomic mass is 10.2. The van der Waals surface area contributed by atoms with Crippen LogP contribution in [0.25, 0.3) is 11.0 Å². The predicted molar refractivity (Wildman–Crippen MR) is 62.9 cm³/mol. The van der Waals surface area contributed by atoms with Crippen molar-refractivity contribution in [3.8, 4) is 0 Å². The summed E-state index contributed by atoms with van der Waals surface area (Å²) in [5, 5.41) is 3.26. The molecule has 0 aliphatic carbocycles. The molecular formula is C12H15N3. The molecule has 0 radical (unpaired) electrons. The second kappa shape index (κ2) is 4.26. The van der Waals surface area contributed by atoms with E-state index in [1.54, 1.807) is 6.20 Å². The van der Waals surface area contributed by atoms with E-state index in [1.807, 2.05) is 24.3 Å². The number of hydrogen-bond acceptors (Lipinski definition) is 3. The van der Waals surface area contributed by atoms with Crippen LogP contribution in [0.4, 0.5) is 5.82 Å². The van der Waals surface area contributed by atoms with Crippen LogP contribution in [0.3, 0.4) is 0 Å². The van der Waals surface area contributed by atoms with Gasteiger partial charge in [0.2, 0.25) is 0 Å². The van der Waals surface area contributed by atoms with Gasteiger partial charge in [-0.15, -0.1) is 0 Å². The van der Waals surface area contributed by atoms with Crippen LogP contribution in [0.5, 0.6) is 0 Å². The van der Waals surface area contributed by atoms with Crippen molar-refractivity contribution in [3.05, 3.63) is 30.5 Å². The first-order valence-electron chi connectivity index (χ1n) is 5.21. The lowest BCUT2D eigenvalue weighted by Gasteiger charge is -2.07. The van der Waals surface area contributed by atoms with E-state index >= 15 is 0 Å². The van der Waals surface area contributed by atoms with E-state index in [0.29, 0.717) is 5.92 Å². The van der Waals surface area contributed by atoms with Gasteiger partial charge in [0.05, 0.1) is 17.2 Å². The van der Waals surface area contributed by atoms with Crippen molar-refractivity contribution >= 4 is 16.9 Å². The average Bonchev–Trinajstić information content (AvgIpc) is 2.26. The van der Waals surface area contributed by atoms with Crippen LogP contribution in [0.15, 0.2) is 30.5 Å². The number of benzene rings is 1. The minimum atomic E-state index is 0.610. The van der Waals surface area contributed by atoms with Gasteiger partial charge < -0.3 is 5.32 Å². The van der Waals surface area contributed by atoms with Crippen LogP contribution in [-0.2, 0) is 0 Å². The Morgan fingerprint density at radius 2 is 1.93 bits per heavy atom. The lowest BCUT2D eigenvalue weighted by Crippen LogP contribution is -2.09. The number of aromatic nitrogens is 2. The van der Waals surface area contributed by atoms with E-state index in [-0.39, 0.29) is 0 Å². The fraction of sp³-hybridized carbons (Fsp3) is 0.333. The molecule has 78 valence electrons. The first kappa shape index (κ1) is 9.90. The van der Waals surface area contributed by atoms with Gasteiger partial charge in [-0.3, -0.25) is 4.98 Å². The van der Waals surface area contributed by atoms with Gasteiger partial charge in [0, 0.05) is 6.54 Å². The van der Waals surface area contributed by atoms with Crippen molar-refractivity contribution in [2.75, 3.05) is 11.9 Å². The van der Waals surface area contributed by atoms with Gasteiger partial charge in [-0.2, -0.15) is 0 Å². The molecule has 0 spiro atoms. The van der Waals surface area contributed by atoms with Crippen LogP contribution < -0.4 is 5.32 Å². The number of nitrogens with one attached hydrogen (secondary N) is 1. The molecule has 2 aromatic rings. The van der Waals surface area contributed by atoms with Crippen molar-refractivity contribution in [1.82, 2.24) is 9.97 Å². The first-order valence-corrected chi connectivity index (χ1v) is 5.21. The molecule has 1 heterocycles. The molecule has 0 bridgehead atoms. The molecule has 0 aliphatic rings. The smallest absolute Gasteiger partial charge is 0.145 e. The van der Waals surface area contributed by atoms with Crippen molar-refractivity contribution in [3.63, 3.8) is 0 Å². The molecule has 0 amide bonds. The summed E-state index contributed by atoms with van der Waals surface area (Å²) in [5.74, 6) is 1.46. The van der Waals surface area contributed by atoms with Gasteiger partial charge in [-0.1, -0.05) is 26.0 Å². The number of hydrogen-bond donors (Lipinski definition) is 1. The second-order valence-electron chi connectivity index (χ2n) is 4.02. The molecule has 0 unspecified atom stereocenters. The number of nitrogens with zero attached hydrogens (tertiary/aromatic N) is 2. The molecule has 0 saturated carbocycles. The highest BCUT2D eigenvalue weighted by atomic mass is 15.0. The summed E-state index contributed by atoms with van der Waals surface area (Å²) >= 11 is 0. The van der Waals surface area contributed by atoms with Crippen molar-refractivity contribution in [1.29, 1.82) is 0 Å². The van der Waals surface area contributed by atoms with Crippen LogP contribution in [0, 0.1) is 5.92 Å². The van der Waals surface area contributed by atoms with Crippen molar-refractivity contribution in [2.24, 2.45) is 5.92 Å². The summed E-state index contributed by atoms with van der Waals surface area (Å²) in [6.07, 6.45) is 1.78. The predicted octanol–water partition coefficient (Wildman–Crippen LogP) is 2.70. The van der Waals surface area contributed by atoms with Crippen molar-refractivity contribution < 1.29 is 0 Å². The van der Waals surface area contributed by atoms with E-state index in [1.165, 1.54) is 0 Å². The quantitative estimate of drug-likeness (QED) is 0.829. The molecule has 2 rings (SSSR count). The van der Waals surface area contributed by atoms with Gasteiger partial charge in [0.15, 0.2) is 0 Å². The third-order valence-electron chi connectivity index (χ3n) is 2.14. The maximum atomic E-state index is 4.47.